The van der Waals surface area contributed by atoms with Crippen molar-refractivity contribution in [3.05, 3.63) is 70.2 Å². The zero-order valence-electron chi connectivity index (χ0n) is 17.8. The minimum atomic E-state index is -1.02. The maximum absolute atomic E-state index is 13.1. The Morgan fingerprint density at radius 2 is 1.71 bits per heavy atom. The second-order valence-corrected chi connectivity index (χ2v) is 9.38. The number of ether oxygens (including phenoxy) is 2. The van der Waals surface area contributed by atoms with E-state index in [1.807, 2.05) is 54.6 Å². The molecule has 1 fully saturated rings. The van der Waals surface area contributed by atoms with Gasteiger partial charge in [0.15, 0.2) is 0 Å². The lowest BCUT2D eigenvalue weighted by Gasteiger charge is -2.26. The van der Waals surface area contributed by atoms with Crippen molar-refractivity contribution in [1.82, 2.24) is 4.90 Å². The third-order valence-electron chi connectivity index (χ3n) is 4.92. The molecule has 0 spiro atoms. The van der Waals surface area contributed by atoms with E-state index in [0.717, 1.165) is 20.5 Å². The lowest BCUT2D eigenvalue weighted by molar-refractivity contribution is -0.152. The number of likely N-dealkylation sites (tertiary alicyclic amines) is 1. The summed E-state index contributed by atoms with van der Waals surface area (Å²) in [6.07, 6.45) is -0.233. The molecule has 164 valence electrons. The summed E-state index contributed by atoms with van der Waals surface area (Å²) in [5.41, 5.74) is 0.966. The summed E-state index contributed by atoms with van der Waals surface area (Å²) < 4.78 is 11.7. The summed E-state index contributed by atoms with van der Waals surface area (Å²) in [7, 11) is 0. The van der Waals surface area contributed by atoms with Gasteiger partial charge in [-0.15, -0.1) is 0 Å². The molecule has 0 aliphatic carbocycles. The molecular weight excluding hydrogens is 462 g/mol. The van der Waals surface area contributed by atoms with Crippen molar-refractivity contribution in [2.45, 2.75) is 51.9 Å². The first-order chi connectivity index (χ1) is 14.7. The van der Waals surface area contributed by atoms with Crippen LogP contribution in [-0.2, 0) is 32.1 Å². The smallest absolute Gasteiger partial charge is 0.417 e. The van der Waals surface area contributed by atoms with Crippen LogP contribution in [0.2, 0.25) is 0 Å². The fraction of sp³-hybridized carbons (Fsp3) is 0.375. The van der Waals surface area contributed by atoms with Crippen LogP contribution in [0.1, 0.15) is 38.3 Å². The average Bonchev–Trinajstić information content (AvgIpc) is 3.04. The number of rotatable bonds is 5. The van der Waals surface area contributed by atoms with E-state index >= 15 is 0 Å². The number of halogens is 1. The standard InChI is InChI=1S/C24H26BrNO5/c1-24(2,3)31-23(29)26-20(22(28)30-15-16-9-5-4-6-10-16)14-18(21(26)27)13-17-11-7-8-12-19(17)25/h4-12,18,20H,13-15H2,1-3H3/t18-,20+/m1/s1. The normalized spacial score (nSPS) is 18.7. The van der Waals surface area contributed by atoms with Crippen LogP contribution < -0.4 is 0 Å². The molecule has 0 aromatic heterocycles. The van der Waals surface area contributed by atoms with E-state index in [1.54, 1.807) is 20.8 Å². The van der Waals surface area contributed by atoms with Crippen LogP contribution in [0.3, 0.4) is 0 Å². The maximum Gasteiger partial charge on any atom is 0.417 e. The van der Waals surface area contributed by atoms with Gasteiger partial charge in [0, 0.05) is 10.4 Å². The highest BCUT2D eigenvalue weighted by molar-refractivity contribution is 9.10. The molecule has 7 heteroatoms. The highest BCUT2D eigenvalue weighted by Crippen LogP contribution is 2.32. The zero-order chi connectivity index (χ0) is 22.6. The number of amides is 2. The number of benzene rings is 2. The zero-order valence-corrected chi connectivity index (χ0v) is 19.4. The van der Waals surface area contributed by atoms with E-state index in [1.165, 1.54) is 0 Å². The van der Waals surface area contributed by atoms with Crippen LogP contribution in [-0.4, -0.2) is 34.5 Å². The molecule has 6 nitrogen and oxygen atoms in total. The molecule has 0 unspecified atom stereocenters. The van der Waals surface area contributed by atoms with Crippen molar-refractivity contribution in [2.24, 2.45) is 5.92 Å². The van der Waals surface area contributed by atoms with Crippen molar-refractivity contribution in [3.63, 3.8) is 0 Å². The fourth-order valence-corrected chi connectivity index (χ4v) is 3.93. The van der Waals surface area contributed by atoms with Crippen molar-refractivity contribution in [2.75, 3.05) is 0 Å². The first-order valence-corrected chi connectivity index (χ1v) is 10.9. The van der Waals surface area contributed by atoms with Crippen LogP contribution in [0.5, 0.6) is 0 Å². The van der Waals surface area contributed by atoms with E-state index in [0.29, 0.717) is 6.42 Å². The molecule has 1 heterocycles. The van der Waals surface area contributed by atoms with Gasteiger partial charge in [0.2, 0.25) is 5.91 Å². The van der Waals surface area contributed by atoms with Gasteiger partial charge in [0.1, 0.15) is 18.2 Å². The van der Waals surface area contributed by atoms with Crippen molar-refractivity contribution < 1.29 is 23.9 Å². The van der Waals surface area contributed by atoms with E-state index in [4.69, 9.17) is 9.47 Å². The molecule has 0 saturated carbocycles. The predicted octanol–water partition coefficient (Wildman–Crippen LogP) is 4.89. The highest BCUT2D eigenvalue weighted by atomic mass is 79.9. The Morgan fingerprint density at radius 1 is 1.06 bits per heavy atom. The third-order valence-corrected chi connectivity index (χ3v) is 5.69. The van der Waals surface area contributed by atoms with Crippen molar-refractivity contribution in [3.8, 4) is 0 Å². The lowest BCUT2D eigenvalue weighted by atomic mass is 9.96. The second kappa shape index (κ2) is 9.64. The van der Waals surface area contributed by atoms with Crippen LogP contribution in [0.4, 0.5) is 4.79 Å². The van der Waals surface area contributed by atoms with Gasteiger partial charge in [0.25, 0.3) is 0 Å². The Balaban J connectivity index is 1.79. The van der Waals surface area contributed by atoms with Crippen LogP contribution in [0, 0.1) is 5.92 Å². The van der Waals surface area contributed by atoms with Gasteiger partial charge in [-0.25, -0.2) is 14.5 Å². The molecule has 2 amide bonds. The molecule has 0 radical (unpaired) electrons. The Hall–Kier alpha value is -2.67. The van der Waals surface area contributed by atoms with E-state index in [9.17, 15) is 14.4 Å². The quantitative estimate of drug-likeness (QED) is 0.561. The van der Waals surface area contributed by atoms with Gasteiger partial charge < -0.3 is 9.47 Å². The van der Waals surface area contributed by atoms with Gasteiger partial charge in [0.05, 0.1) is 0 Å². The molecule has 2 aromatic rings. The van der Waals surface area contributed by atoms with E-state index < -0.39 is 35.5 Å². The monoisotopic (exact) mass is 487 g/mol. The van der Waals surface area contributed by atoms with Crippen LogP contribution in [0.25, 0.3) is 0 Å². The number of esters is 1. The third kappa shape index (κ3) is 5.94. The summed E-state index contributed by atoms with van der Waals surface area (Å²) in [5.74, 6) is -1.56. The van der Waals surface area contributed by atoms with Gasteiger partial charge >= 0.3 is 12.1 Å². The first kappa shape index (κ1) is 23.0. The summed E-state index contributed by atoms with van der Waals surface area (Å²) in [6, 6.07) is 15.8. The topological polar surface area (TPSA) is 72.9 Å². The molecule has 1 aliphatic heterocycles. The first-order valence-electron chi connectivity index (χ1n) is 10.2. The number of nitrogens with zero attached hydrogens (tertiary/aromatic N) is 1. The largest absolute Gasteiger partial charge is 0.459 e. The van der Waals surface area contributed by atoms with E-state index in [-0.39, 0.29) is 13.0 Å². The van der Waals surface area contributed by atoms with Crippen LogP contribution in [0.15, 0.2) is 59.1 Å². The molecule has 1 saturated heterocycles. The van der Waals surface area contributed by atoms with E-state index in [2.05, 4.69) is 15.9 Å². The maximum atomic E-state index is 13.1. The Kier molecular flexibility index (Phi) is 7.15. The van der Waals surface area contributed by atoms with Crippen molar-refractivity contribution in [1.29, 1.82) is 0 Å². The summed E-state index contributed by atoms with van der Waals surface area (Å²) in [5, 5.41) is 0. The SMILES string of the molecule is CC(C)(C)OC(=O)N1C(=O)[C@H](Cc2ccccc2Br)C[C@H]1C(=O)OCc1ccccc1. The molecule has 2 atom stereocenters. The number of hydrogen-bond donors (Lipinski definition) is 0. The molecule has 0 N–H and O–H groups in total. The number of carbonyl (C=O) groups is 3. The Labute approximate surface area is 190 Å². The fourth-order valence-electron chi connectivity index (χ4n) is 3.48. The van der Waals surface area contributed by atoms with Crippen LogP contribution >= 0.6 is 15.9 Å². The van der Waals surface area contributed by atoms with Gasteiger partial charge in [-0.3, -0.25) is 4.79 Å². The average molecular weight is 488 g/mol. The number of carbonyl (C=O) groups excluding carboxylic acids is 3. The van der Waals surface area contributed by atoms with Gasteiger partial charge in [-0.05, 0) is 50.8 Å². The number of hydrogen-bond acceptors (Lipinski definition) is 5. The number of imide groups is 1. The molecule has 31 heavy (non-hydrogen) atoms. The van der Waals surface area contributed by atoms with Gasteiger partial charge in [-0.2, -0.15) is 0 Å². The van der Waals surface area contributed by atoms with Gasteiger partial charge in [-0.1, -0.05) is 64.5 Å². The molecule has 0 bridgehead atoms. The molecule has 1 aliphatic rings. The summed E-state index contributed by atoms with van der Waals surface area (Å²) in [4.78, 5) is 39.7. The second-order valence-electron chi connectivity index (χ2n) is 8.53. The minimum absolute atomic E-state index is 0.0709. The summed E-state index contributed by atoms with van der Waals surface area (Å²) in [6.45, 7) is 5.22. The molecule has 2 aromatic carbocycles. The Bertz CT molecular complexity index is 954. The predicted molar refractivity (Wildman–Crippen MR) is 119 cm³/mol. The lowest BCUT2D eigenvalue weighted by Crippen LogP contribution is -2.46. The van der Waals surface area contributed by atoms with Crippen molar-refractivity contribution >= 4 is 33.9 Å². The molecular formula is C24H26BrNO5. The highest BCUT2D eigenvalue weighted by Gasteiger charge is 2.48. The Morgan fingerprint density at radius 3 is 2.35 bits per heavy atom. The minimum Gasteiger partial charge on any atom is -0.459 e. The summed E-state index contributed by atoms with van der Waals surface area (Å²) >= 11 is 3.49. The molecule has 3 rings (SSSR count).